The summed E-state index contributed by atoms with van der Waals surface area (Å²) in [6, 6.07) is 40.8. The third-order valence-electron chi connectivity index (χ3n) is 6.14. The molecule has 0 aliphatic heterocycles. The van der Waals surface area contributed by atoms with Crippen LogP contribution in [0.15, 0.2) is 121 Å². The van der Waals surface area contributed by atoms with Crippen molar-refractivity contribution in [1.29, 1.82) is 5.26 Å². The third-order valence-corrected chi connectivity index (χ3v) is 6.14. The van der Waals surface area contributed by atoms with Crippen molar-refractivity contribution < 1.29 is 0 Å². The Morgan fingerprint density at radius 2 is 1.23 bits per heavy atom. The molecule has 4 aromatic carbocycles. The van der Waals surface area contributed by atoms with Crippen molar-refractivity contribution in [2.45, 2.75) is 0 Å². The zero-order valence-electron chi connectivity index (χ0n) is 18.8. The number of hydrogen-bond donors (Lipinski definition) is 0. The molecule has 6 rings (SSSR count). The number of para-hydroxylation sites is 1. The van der Waals surface area contributed by atoms with Crippen LogP contribution in [-0.4, -0.2) is 9.97 Å². The molecule has 0 aliphatic rings. The Hall–Kier alpha value is -5.01. The maximum Gasteiger partial charge on any atom is 0.142 e. The largest absolute Gasteiger partial charge is 0.294 e. The minimum atomic E-state index is 0.377. The van der Waals surface area contributed by atoms with Gasteiger partial charge in [0.05, 0.1) is 11.4 Å². The molecule has 4 heteroatoms. The molecule has 0 atom stereocenters. The Labute approximate surface area is 203 Å². The van der Waals surface area contributed by atoms with E-state index in [-0.39, 0.29) is 0 Å². The van der Waals surface area contributed by atoms with Gasteiger partial charge in [-0.3, -0.25) is 9.88 Å². The van der Waals surface area contributed by atoms with Crippen LogP contribution in [0.3, 0.4) is 0 Å². The van der Waals surface area contributed by atoms with E-state index in [0.717, 1.165) is 44.2 Å². The number of fused-ring (bicyclic) bond motifs is 2. The lowest BCUT2D eigenvalue weighted by Crippen LogP contribution is -2.13. The average molecular weight is 449 g/mol. The highest BCUT2D eigenvalue weighted by atomic mass is 15.2. The van der Waals surface area contributed by atoms with Gasteiger partial charge in [0.15, 0.2) is 0 Å². The molecule has 164 valence electrons. The molecule has 0 aliphatic carbocycles. The molecule has 0 N–H and O–H groups in total. The van der Waals surface area contributed by atoms with E-state index in [1.807, 2.05) is 48.7 Å². The summed E-state index contributed by atoms with van der Waals surface area (Å²) in [6.07, 6.45) is 1.83. The highest BCUT2D eigenvalue weighted by Gasteiger charge is 2.22. The Morgan fingerprint density at radius 1 is 0.600 bits per heavy atom. The van der Waals surface area contributed by atoms with Crippen molar-refractivity contribution in [1.82, 2.24) is 9.97 Å². The van der Waals surface area contributed by atoms with Gasteiger partial charge in [-0.2, -0.15) is 5.26 Å². The number of hydrogen-bond acceptors (Lipinski definition) is 4. The summed E-state index contributed by atoms with van der Waals surface area (Å²) in [4.78, 5) is 11.5. The lowest BCUT2D eigenvalue weighted by molar-refractivity contribution is 1.17. The smallest absolute Gasteiger partial charge is 0.142 e. The van der Waals surface area contributed by atoms with Crippen molar-refractivity contribution in [2.75, 3.05) is 4.90 Å². The summed E-state index contributed by atoms with van der Waals surface area (Å²) in [6.45, 7) is 0. The molecule has 0 saturated heterocycles. The Morgan fingerprint density at radius 3 is 1.86 bits per heavy atom. The van der Waals surface area contributed by atoms with Crippen LogP contribution in [0.5, 0.6) is 0 Å². The van der Waals surface area contributed by atoms with Crippen LogP contribution in [0, 0.1) is 11.3 Å². The van der Waals surface area contributed by atoms with E-state index in [2.05, 4.69) is 77.7 Å². The molecule has 0 radical (unpaired) electrons. The molecule has 0 fully saturated rings. The molecule has 2 heterocycles. The minimum absolute atomic E-state index is 0.377. The van der Waals surface area contributed by atoms with Gasteiger partial charge in [0.1, 0.15) is 17.6 Å². The summed E-state index contributed by atoms with van der Waals surface area (Å²) in [5.41, 5.74) is 4.40. The van der Waals surface area contributed by atoms with E-state index in [4.69, 9.17) is 9.97 Å². The van der Waals surface area contributed by atoms with Gasteiger partial charge in [-0.05, 0) is 47.2 Å². The monoisotopic (exact) mass is 448 g/mol. The minimum Gasteiger partial charge on any atom is -0.294 e. The van der Waals surface area contributed by atoms with Crippen molar-refractivity contribution in [3.8, 4) is 17.3 Å². The lowest BCUT2D eigenvalue weighted by Gasteiger charge is -2.28. The van der Waals surface area contributed by atoms with E-state index >= 15 is 0 Å². The predicted octanol–water partition coefficient (Wildman–Crippen LogP) is 7.79. The van der Waals surface area contributed by atoms with E-state index in [0.29, 0.717) is 11.5 Å². The summed E-state index contributed by atoms with van der Waals surface area (Å²) < 4.78 is 0. The number of nitrogens with zero attached hydrogens (tertiary/aromatic N) is 4. The van der Waals surface area contributed by atoms with Crippen molar-refractivity contribution >= 4 is 38.7 Å². The SMILES string of the molecule is N#Cc1cccc(N(c2ccccc2)c2c3ccccc3c(-c3ccccn3)c3ccccc23)n1. The van der Waals surface area contributed by atoms with E-state index in [1.165, 1.54) is 0 Å². The fraction of sp³-hybridized carbons (Fsp3) is 0. The number of nitriles is 1. The quantitative estimate of drug-likeness (QED) is 0.258. The van der Waals surface area contributed by atoms with Gasteiger partial charge in [0.25, 0.3) is 0 Å². The number of pyridine rings is 2. The first kappa shape index (κ1) is 20.6. The van der Waals surface area contributed by atoms with E-state index in [9.17, 15) is 5.26 Å². The van der Waals surface area contributed by atoms with Crippen molar-refractivity contribution in [3.05, 3.63) is 127 Å². The van der Waals surface area contributed by atoms with Crippen LogP contribution in [0.2, 0.25) is 0 Å². The molecular formula is C31H20N4. The average Bonchev–Trinajstić information content (AvgIpc) is 2.94. The van der Waals surface area contributed by atoms with Gasteiger partial charge in [0, 0.05) is 28.2 Å². The first-order valence-corrected chi connectivity index (χ1v) is 11.4. The second-order valence-corrected chi connectivity index (χ2v) is 8.19. The molecule has 0 amide bonds. The number of aromatic nitrogens is 2. The molecule has 0 spiro atoms. The summed E-state index contributed by atoms with van der Waals surface area (Å²) in [5.74, 6) is 0.691. The van der Waals surface area contributed by atoms with Gasteiger partial charge < -0.3 is 0 Å². The van der Waals surface area contributed by atoms with Crippen LogP contribution in [-0.2, 0) is 0 Å². The molecule has 6 aromatic rings. The van der Waals surface area contributed by atoms with Gasteiger partial charge in [-0.15, -0.1) is 0 Å². The van der Waals surface area contributed by atoms with Gasteiger partial charge in [0.2, 0.25) is 0 Å². The second kappa shape index (κ2) is 8.74. The summed E-state index contributed by atoms with van der Waals surface area (Å²) in [7, 11) is 0. The fourth-order valence-corrected chi connectivity index (χ4v) is 4.70. The molecule has 2 aromatic heterocycles. The van der Waals surface area contributed by atoms with E-state index in [1.54, 1.807) is 6.07 Å². The summed E-state index contributed by atoms with van der Waals surface area (Å²) in [5, 5.41) is 13.9. The Balaban J connectivity index is 1.78. The van der Waals surface area contributed by atoms with E-state index < -0.39 is 0 Å². The normalized spacial score (nSPS) is 10.8. The first-order chi connectivity index (χ1) is 17.3. The fourth-order valence-electron chi connectivity index (χ4n) is 4.70. The zero-order chi connectivity index (χ0) is 23.6. The van der Waals surface area contributed by atoms with Gasteiger partial charge in [-0.25, -0.2) is 4.98 Å². The molecule has 0 saturated carbocycles. The molecule has 0 unspecified atom stereocenters. The Kier molecular flexibility index (Phi) is 5.14. The predicted molar refractivity (Wildman–Crippen MR) is 142 cm³/mol. The Bertz CT molecular complexity index is 1650. The highest BCUT2D eigenvalue weighted by Crippen LogP contribution is 2.47. The van der Waals surface area contributed by atoms with Crippen LogP contribution < -0.4 is 4.90 Å². The lowest BCUT2D eigenvalue weighted by atomic mass is 9.92. The second-order valence-electron chi connectivity index (χ2n) is 8.19. The van der Waals surface area contributed by atoms with Crippen LogP contribution in [0.25, 0.3) is 32.8 Å². The standard InChI is InChI=1S/C31H20N4/c32-21-22-11-10-19-29(34-22)35(23-12-2-1-3-13-23)31-26-16-6-4-14-24(26)30(28-18-8-9-20-33-28)25-15-5-7-17-27(25)31/h1-20H. The first-order valence-electron chi connectivity index (χ1n) is 11.4. The van der Waals surface area contributed by atoms with Gasteiger partial charge in [-0.1, -0.05) is 78.9 Å². The third kappa shape index (κ3) is 3.56. The highest BCUT2D eigenvalue weighted by molar-refractivity contribution is 6.21. The molecule has 4 nitrogen and oxygen atoms in total. The van der Waals surface area contributed by atoms with Crippen LogP contribution in [0.1, 0.15) is 5.69 Å². The zero-order valence-corrected chi connectivity index (χ0v) is 18.8. The van der Waals surface area contributed by atoms with Crippen LogP contribution in [0.4, 0.5) is 17.2 Å². The number of benzene rings is 4. The maximum absolute atomic E-state index is 9.55. The number of rotatable bonds is 4. The topological polar surface area (TPSA) is 52.8 Å². The van der Waals surface area contributed by atoms with Crippen molar-refractivity contribution in [2.24, 2.45) is 0 Å². The molecule has 35 heavy (non-hydrogen) atoms. The molecular weight excluding hydrogens is 428 g/mol. The van der Waals surface area contributed by atoms with Crippen molar-refractivity contribution in [3.63, 3.8) is 0 Å². The number of anilines is 3. The van der Waals surface area contributed by atoms with Gasteiger partial charge >= 0.3 is 0 Å². The summed E-state index contributed by atoms with van der Waals surface area (Å²) >= 11 is 0. The molecule has 0 bridgehead atoms. The van der Waals surface area contributed by atoms with Crippen LogP contribution >= 0.6 is 0 Å². The maximum atomic E-state index is 9.55.